The molecule has 0 saturated heterocycles. The lowest BCUT2D eigenvalue weighted by Crippen LogP contribution is -2.07. The summed E-state index contributed by atoms with van der Waals surface area (Å²) in [5.41, 5.74) is 0.964. The Hall–Kier alpha value is -1.26. The molecule has 0 aliphatic rings. The van der Waals surface area contributed by atoms with E-state index in [0.29, 0.717) is 23.3 Å². The molecule has 0 unspecified atom stereocenters. The summed E-state index contributed by atoms with van der Waals surface area (Å²) in [5.74, 6) is 1.83. The molecule has 0 N–H and O–H groups in total. The molecular weight excluding hydrogens is 273 g/mol. The third-order valence-electron chi connectivity index (χ3n) is 2.50. The van der Waals surface area contributed by atoms with Crippen LogP contribution >= 0.6 is 23.2 Å². The van der Waals surface area contributed by atoms with E-state index >= 15 is 0 Å². The monoisotopic (exact) mass is 285 g/mol. The second-order valence-corrected chi connectivity index (χ2v) is 4.35. The average molecular weight is 286 g/mol. The number of halogens is 2. The molecule has 1 heterocycles. The van der Waals surface area contributed by atoms with Gasteiger partial charge in [-0.3, -0.25) is 0 Å². The van der Waals surface area contributed by atoms with Gasteiger partial charge < -0.3 is 4.74 Å². The van der Waals surface area contributed by atoms with Crippen molar-refractivity contribution in [3.8, 4) is 5.75 Å². The molecule has 6 heteroatoms. The lowest BCUT2D eigenvalue weighted by molar-refractivity contribution is 0.287. The first-order valence-electron chi connectivity index (χ1n) is 5.58. The van der Waals surface area contributed by atoms with Crippen molar-refractivity contribution in [2.45, 2.75) is 26.0 Å². The van der Waals surface area contributed by atoms with Crippen molar-refractivity contribution in [1.29, 1.82) is 0 Å². The average Bonchev–Trinajstić information content (AvgIpc) is 2.84. The number of rotatable bonds is 5. The Bertz CT molecular complexity index is 528. The standard InChI is InChI=1S/C12H13Cl2N3O/c1-2-17-12(15-8-16-17)7-18-11-4-3-9(6-13)5-10(11)14/h3-5,8H,2,6-7H2,1H3. The lowest BCUT2D eigenvalue weighted by atomic mass is 10.2. The Morgan fingerprint density at radius 2 is 2.22 bits per heavy atom. The van der Waals surface area contributed by atoms with Gasteiger partial charge in [-0.2, -0.15) is 5.10 Å². The predicted octanol–water partition coefficient (Wildman–Crippen LogP) is 3.27. The molecule has 0 amide bonds. The van der Waals surface area contributed by atoms with Gasteiger partial charge in [-0.25, -0.2) is 9.67 Å². The number of aryl methyl sites for hydroxylation is 1. The second kappa shape index (κ2) is 6.07. The lowest BCUT2D eigenvalue weighted by Gasteiger charge is -2.09. The highest BCUT2D eigenvalue weighted by Crippen LogP contribution is 2.26. The van der Waals surface area contributed by atoms with E-state index in [0.717, 1.165) is 17.9 Å². The fourth-order valence-electron chi connectivity index (χ4n) is 1.55. The number of nitrogens with zero attached hydrogens (tertiary/aromatic N) is 3. The summed E-state index contributed by atoms with van der Waals surface area (Å²) in [6.07, 6.45) is 1.51. The number of ether oxygens (including phenoxy) is 1. The number of hydrogen-bond acceptors (Lipinski definition) is 3. The minimum atomic E-state index is 0.341. The van der Waals surface area contributed by atoms with Gasteiger partial charge in [-0.15, -0.1) is 11.6 Å². The van der Waals surface area contributed by atoms with Crippen LogP contribution in [0.5, 0.6) is 5.75 Å². The zero-order valence-electron chi connectivity index (χ0n) is 9.94. The third-order valence-corrected chi connectivity index (χ3v) is 3.11. The molecule has 2 aromatic rings. The van der Waals surface area contributed by atoms with Crippen LogP contribution < -0.4 is 4.74 Å². The van der Waals surface area contributed by atoms with E-state index < -0.39 is 0 Å². The van der Waals surface area contributed by atoms with Crippen molar-refractivity contribution < 1.29 is 4.74 Å². The van der Waals surface area contributed by atoms with Gasteiger partial charge in [0, 0.05) is 12.4 Å². The van der Waals surface area contributed by atoms with Crippen molar-refractivity contribution >= 4 is 23.2 Å². The van der Waals surface area contributed by atoms with Crippen molar-refractivity contribution in [1.82, 2.24) is 14.8 Å². The molecule has 96 valence electrons. The third kappa shape index (κ3) is 2.94. The number of hydrogen-bond donors (Lipinski definition) is 0. The molecule has 0 aliphatic carbocycles. The fraction of sp³-hybridized carbons (Fsp3) is 0.333. The molecule has 1 aromatic heterocycles. The van der Waals surface area contributed by atoms with E-state index in [1.54, 1.807) is 10.7 Å². The van der Waals surface area contributed by atoms with E-state index in [1.807, 2.05) is 19.1 Å². The quantitative estimate of drug-likeness (QED) is 0.792. The summed E-state index contributed by atoms with van der Waals surface area (Å²) in [4.78, 5) is 4.13. The van der Waals surface area contributed by atoms with Crippen molar-refractivity contribution in [3.63, 3.8) is 0 Å². The van der Waals surface area contributed by atoms with Crippen LogP contribution in [0, 0.1) is 0 Å². The molecule has 2 rings (SSSR count). The normalized spacial score (nSPS) is 10.6. The molecule has 0 saturated carbocycles. The second-order valence-electron chi connectivity index (χ2n) is 3.68. The molecule has 0 spiro atoms. The first kappa shape index (κ1) is 13.2. The number of alkyl halides is 1. The molecule has 0 aliphatic heterocycles. The molecule has 0 radical (unpaired) electrons. The Morgan fingerprint density at radius 1 is 1.39 bits per heavy atom. The van der Waals surface area contributed by atoms with Crippen LogP contribution in [0.1, 0.15) is 18.3 Å². The molecule has 4 nitrogen and oxygen atoms in total. The van der Waals surface area contributed by atoms with Gasteiger partial charge in [0.1, 0.15) is 18.7 Å². The summed E-state index contributed by atoms with van der Waals surface area (Å²) < 4.78 is 7.40. The van der Waals surface area contributed by atoms with E-state index in [-0.39, 0.29) is 0 Å². The zero-order valence-corrected chi connectivity index (χ0v) is 11.4. The van der Waals surface area contributed by atoms with Crippen LogP contribution in [0.3, 0.4) is 0 Å². The summed E-state index contributed by atoms with van der Waals surface area (Å²) >= 11 is 11.8. The van der Waals surface area contributed by atoms with Gasteiger partial charge in [0.05, 0.1) is 5.02 Å². The highest BCUT2D eigenvalue weighted by atomic mass is 35.5. The Labute approximate surface area is 115 Å². The van der Waals surface area contributed by atoms with Gasteiger partial charge in [0.2, 0.25) is 0 Å². The molecule has 1 aromatic carbocycles. The SMILES string of the molecule is CCn1ncnc1COc1ccc(CCl)cc1Cl. The van der Waals surface area contributed by atoms with Gasteiger partial charge in [0.25, 0.3) is 0 Å². The first-order valence-corrected chi connectivity index (χ1v) is 6.49. The summed E-state index contributed by atoms with van der Waals surface area (Å²) in [5, 5.41) is 4.62. The maximum atomic E-state index is 6.10. The van der Waals surface area contributed by atoms with Gasteiger partial charge >= 0.3 is 0 Å². The number of benzene rings is 1. The van der Waals surface area contributed by atoms with Crippen LogP contribution in [-0.2, 0) is 19.0 Å². The smallest absolute Gasteiger partial charge is 0.164 e. The van der Waals surface area contributed by atoms with Crippen molar-refractivity contribution in [2.24, 2.45) is 0 Å². The zero-order chi connectivity index (χ0) is 13.0. The summed E-state index contributed by atoms with van der Waals surface area (Å²) in [6, 6.07) is 5.50. The highest BCUT2D eigenvalue weighted by molar-refractivity contribution is 6.32. The van der Waals surface area contributed by atoms with E-state index in [4.69, 9.17) is 27.9 Å². The van der Waals surface area contributed by atoms with Crippen molar-refractivity contribution in [3.05, 3.63) is 40.9 Å². The summed E-state index contributed by atoms with van der Waals surface area (Å²) in [6.45, 7) is 3.10. The Kier molecular flexibility index (Phi) is 4.44. The van der Waals surface area contributed by atoms with Gasteiger partial charge in [-0.1, -0.05) is 17.7 Å². The van der Waals surface area contributed by atoms with Gasteiger partial charge in [0.15, 0.2) is 5.82 Å². The van der Waals surface area contributed by atoms with Crippen LogP contribution in [0.15, 0.2) is 24.5 Å². The highest BCUT2D eigenvalue weighted by Gasteiger charge is 2.06. The minimum Gasteiger partial charge on any atom is -0.484 e. The van der Waals surface area contributed by atoms with Crippen LogP contribution in [0.25, 0.3) is 0 Å². The fourth-order valence-corrected chi connectivity index (χ4v) is 1.97. The van der Waals surface area contributed by atoms with Crippen LogP contribution in [0.4, 0.5) is 0 Å². The minimum absolute atomic E-state index is 0.341. The Balaban J connectivity index is 2.06. The molecule has 0 atom stereocenters. The van der Waals surface area contributed by atoms with E-state index in [1.165, 1.54) is 6.33 Å². The maximum absolute atomic E-state index is 6.10. The molecule has 0 fully saturated rings. The molecule has 0 bridgehead atoms. The topological polar surface area (TPSA) is 39.9 Å². The Morgan fingerprint density at radius 3 is 2.89 bits per heavy atom. The van der Waals surface area contributed by atoms with E-state index in [9.17, 15) is 0 Å². The predicted molar refractivity (Wildman–Crippen MR) is 71.0 cm³/mol. The molecule has 18 heavy (non-hydrogen) atoms. The largest absolute Gasteiger partial charge is 0.484 e. The summed E-state index contributed by atoms with van der Waals surface area (Å²) in [7, 11) is 0. The number of aromatic nitrogens is 3. The molecular formula is C12H13Cl2N3O. The van der Waals surface area contributed by atoms with E-state index in [2.05, 4.69) is 10.1 Å². The van der Waals surface area contributed by atoms with Gasteiger partial charge in [-0.05, 0) is 24.6 Å². The van der Waals surface area contributed by atoms with Crippen molar-refractivity contribution in [2.75, 3.05) is 0 Å². The first-order chi connectivity index (χ1) is 8.74. The van der Waals surface area contributed by atoms with Crippen LogP contribution in [-0.4, -0.2) is 14.8 Å². The maximum Gasteiger partial charge on any atom is 0.164 e. The van der Waals surface area contributed by atoms with Crippen LogP contribution in [0.2, 0.25) is 5.02 Å².